The van der Waals surface area contributed by atoms with Gasteiger partial charge >= 0.3 is 0 Å². The van der Waals surface area contributed by atoms with Crippen LogP contribution in [0.3, 0.4) is 0 Å². The third-order valence-electron chi connectivity index (χ3n) is 4.32. The van der Waals surface area contributed by atoms with E-state index in [1.54, 1.807) is 18.3 Å². The van der Waals surface area contributed by atoms with Gasteiger partial charge in [0.05, 0.1) is 0 Å². The molecule has 0 fully saturated rings. The van der Waals surface area contributed by atoms with Gasteiger partial charge in [-0.25, -0.2) is 0 Å². The van der Waals surface area contributed by atoms with Crippen molar-refractivity contribution in [2.45, 2.75) is 13.2 Å². The summed E-state index contributed by atoms with van der Waals surface area (Å²) < 4.78 is 5.78. The van der Waals surface area contributed by atoms with E-state index >= 15 is 0 Å². The average Bonchev–Trinajstić information content (AvgIpc) is 2.66. The summed E-state index contributed by atoms with van der Waals surface area (Å²) in [7, 11) is 0. The molecule has 2 aromatic carbocycles. The molecular weight excluding hydrogens is 314 g/mol. The monoisotopic (exact) mass is 331 g/mol. The highest BCUT2D eigenvalue weighted by molar-refractivity contribution is 5.95. The van der Waals surface area contributed by atoms with E-state index in [0.717, 1.165) is 22.3 Å². The number of pyridine rings is 1. The van der Waals surface area contributed by atoms with Crippen molar-refractivity contribution in [3.8, 4) is 16.9 Å². The normalized spacial score (nSPS) is 11.8. The molecule has 0 spiro atoms. The van der Waals surface area contributed by atoms with Crippen molar-refractivity contribution in [1.82, 2.24) is 10.3 Å². The van der Waals surface area contributed by atoms with E-state index < -0.39 is 0 Å². The third-order valence-corrected chi connectivity index (χ3v) is 4.32. The van der Waals surface area contributed by atoms with Gasteiger partial charge in [0.15, 0.2) is 0 Å². The Kier molecular flexibility index (Phi) is 3.82. The molecule has 0 radical (unpaired) electrons. The smallest absolute Gasteiger partial charge is 0.251 e. The second kappa shape index (κ2) is 6.28. The molecule has 1 amide bonds. The molecule has 5 nitrogen and oxygen atoms in total. The van der Waals surface area contributed by atoms with Crippen molar-refractivity contribution in [3.63, 3.8) is 0 Å². The molecule has 1 aliphatic rings. The maximum absolute atomic E-state index is 12.4. The molecule has 0 saturated heterocycles. The van der Waals surface area contributed by atoms with E-state index in [2.05, 4.69) is 10.3 Å². The molecule has 2 heterocycles. The van der Waals surface area contributed by atoms with Crippen LogP contribution in [0, 0.1) is 0 Å². The Morgan fingerprint density at radius 3 is 2.92 bits per heavy atom. The van der Waals surface area contributed by atoms with Crippen LogP contribution in [0.5, 0.6) is 5.75 Å². The number of carbonyl (C=O) groups is 1. The number of fused-ring (bicyclic) bond motifs is 3. The van der Waals surface area contributed by atoms with E-state index in [4.69, 9.17) is 10.5 Å². The third kappa shape index (κ3) is 2.92. The Hall–Kier alpha value is -3.34. The van der Waals surface area contributed by atoms with E-state index in [-0.39, 0.29) is 5.91 Å². The van der Waals surface area contributed by atoms with Gasteiger partial charge in [-0.3, -0.25) is 9.78 Å². The van der Waals surface area contributed by atoms with Gasteiger partial charge in [0, 0.05) is 41.3 Å². The van der Waals surface area contributed by atoms with Gasteiger partial charge in [-0.05, 0) is 41.5 Å². The van der Waals surface area contributed by atoms with Crippen LogP contribution in [-0.2, 0) is 13.2 Å². The molecule has 0 saturated carbocycles. The number of nitrogen functional groups attached to an aromatic ring is 1. The molecule has 25 heavy (non-hydrogen) atoms. The highest BCUT2D eigenvalue weighted by Gasteiger charge is 2.19. The fraction of sp³-hybridized carbons (Fsp3) is 0.100. The summed E-state index contributed by atoms with van der Waals surface area (Å²) in [4.78, 5) is 16.6. The summed E-state index contributed by atoms with van der Waals surface area (Å²) in [6, 6.07) is 15.0. The van der Waals surface area contributed by atoms with Crippen LogP contribution >= 0.6 is 0 Å². The van der Waals surface area contributed by atoms with Crippen molar-refractivity contribution in [2.24, 2.45) is 0 Å². The number of amides is 1. The first-order valence-corrected chi connectivity index (χ1v) is 8.04. The lowest BCUT2D eigenvalue weighted by atomic mass is 9.97. The van der Waals surface area contributed by atoms with E-state index in [1.807, 2.05) is 42.6 Å². The first kappa shape index (κ1) is 15.2. The number of rotatable bonds is 3. The minimum atomic E-state index is -0.157. The van der Waals surface area contributed by atoms with E-state index in [9.17, 15) is 4.79 Å². The van der Waals surface area contributed by atoms with Crippen LogP contribution in [-0.4, -0.2) is 10.9 Å². The van der Waals surface area contributed by atoms with Gasteiger partial charge in [-0.15, -0.1) is 0 Å². The lowest BCUT2D eigenvalue weighted by Gasteiger charge is -2.20. The van der Waals surface area contributed by atoms with Crippen molar-refractivity contribution >= 4 is 11.6 Å². The Balaban J connectivity index is 1.55. The summed E-state index contributed by atoms with van der Waals surface area (Å²) >= 11 is 0. The Morgan fingerprint density at radius 1 is 1.16 bits per heavy atom. The number of nitrogens with zero attached hydrogens (tertiary/aromatic N) is 1. The minimum absolute atomic E-state index is 0.157. The summed E-state index contributed by atoms with van der Waals surface area (Å²) in [5.41, 5.74) is 11.2. The molecule has 1 aromatic heterocycles. The van der Waals surface area contributed by atoms with Gasteiger partial charge in [0.25, 0.3) is 5.91 Å². The lowest BCUT2D eigenvalue weighted by molar-refractivity contribution is 0.0950. The van der Waals surface area contributed by atoms with Crippen molar-refractivity contribution in [3.05, 3.63) is 77.6 Å². The van der Waals surface area contributed by atoms with Crippen LogP contribution in [0.25, 0.3) is 11.1 Å². The molecule has 3 N–H and O–H groups in total. The topological polar surface area (TPSA) is 77.2 Å². The van der Waals surface area contributed by atoms with Crippen LogP contribution in [0.2, 0.25) is 0 Å². The molecule has 124 valence electrons. The first-order chi connectivity index (χ1) is 12.2. The molecule has 0 bridgehead atoms. The standard InChI is InChI=1S/C20H17N3O2/c21-18-4-2-1-3-14(18)11-23-20(24)13-5-6-17-16-7-8-22-10-15(16)12-25-19(17)9-13/h1-10H,11-12,21H2,(H,23,24). The fourth-order valence-corrected chi connectivity index (χ4v) is 2.94. The zero-order chi connectivity index (χ0) is 17.2. The highest BCUT2D eigenvalue weighted by atomic mass is 16.5. The molecular formula is C20H17N3O2. The maximum atomic E-state index is 12.4. The second-order valence-electron chi connectivity index (χ2n) is 5.91. The molecule has 0 aliphatic carbocycles. The number of anilines is 1. The summed E-state index contributed by atoms with van der Waals surface area (Å²) in [5, 5.41) is 2.90. The van der Waals surface area contributed by atoms with Gasteiger partial charge < -0.3 is 15.8 Å². The zero-order valence-corrected chi connectivity index (χ0v) is 13.5. The van der Waals surface area contributed by atoms with Crippen LogP contribution in [0.4, 0.5) is 5.69 Å². The summed E-state index contributed by atoms with van der Waals surface area (Å²) in [6.45, 7) is 0.847. The maximum Gasteiger partial charge on any atom is 0.251 e. The summed E-state index contributed by atoms with van der Waals surface area (Å²) in [6.07, 6.45) is 3.57. The Bertz CT molecular complexity index is 953. The van der Waals surface area contributed by atoms with Gasteiger partial charge in [-0.2, -0.15) is 0 Å². The van der Waals surface area contributed by atoms with Gasteiger partial charge in [-0.1, -0.05) is 18.2 Å². The number of aromatic nitrogens is 1. The van der Waals surface area contributed by atoms with Crippen molar-refractivity contribution in [1.29, 1.82) is 0 Å². The number of benzene rings is 2. The predicted octanol–water partition coefficient (Wildman–Crippen LogP) is 3.15. The predicted molar refractivity (Wildman–Crippen MR) is 96.0 cm³/mol. The molecule has 1 aliphatic heterocycles. The van der Waals surface area contributed by atoms with E-state index in [1.165, 1.54) is 0 Å². The summed E-state index contributed by atoms with van der Waals surface area (Å²) in [5.74, 6) is 0.556. The number of hydrogen-bond acceptors (Lipinski definition) is 4. The van der Waals surface area contributed by atoms with Crippen LogP contribution < -0.4 is 15.8 Å². The SMILES string of the molecule is Nc1ccccc1CNC(=O)c1ccc2c(c1)OCc1cnccc1-2. The fourth-order valence-electron chi connectivity index (χ4n) is 2.94. The Morgan fingerprint density at radius 2 is 2.04 bits per heavy atom. The highest BCUT2D eigenvalue weighted by Crippen LogP contribution is 2.37. The molecule has 0 atom stereocenters. The lowest BCUT2D eigenvalue weighted by Crippen LogP contribution is -2.23. The largest absolute Gasteiger partial charge is 0.488 e. The van der Waals surface area contributed by atoms with Crippen molar-refractivity contribution in [2.75, 3.05) is 5.73 Å². The number of ether oxygens (including phenoxy) is 1. The number of carbonyl (C=O) groups excluding carboxylic acids is 1. The molecule has 3 aromatic rings. The second-order valence-corrected chi connectivity index (χ2v) is 5.91. The average molecular weight is 331 g/mol. The number of nitrogens with one attached hydrogen (secondary N) is 1. The van der Waals surface area contributed by atoms with E-state index in [0.29, 0.717) is 30.2 Å². The minimum Gasteiger partial charge on any atom is -0.488 e. The number of hydrogen-bond donors (Lipinski definition) is 2. The molecule has 0 unspecified atom stereocenters. The molecule has 5 heteroatoms. The van der Waals surface area contributed by atoms with Crippen molar-refractivity contribution < 1.29 is 9.53 Å². The van der Waals surface area contributed by atoms with Crippen LogP contribution in [0.1, 0.15) is 21.5 Å². The van der Waals surface area contributed by atoms with Crippen LogP contribution in [0.15, 0.2) is 60.9 Å². The quantitative estimate of drug-likeness (QED) is 0.723. The molecule has 4 rings (SSSR count). The zero-order valence-electron chi connectivity index (χ0n) is 13.5. The number of nitrogens with two attached hydrogens (primary N) is 1. The first-order valence-electron chi connectivity index (χ1n) is 8.04. The van der Waals surface area contributed by atoms with Gasteiger partial charge in [0.2, 0.25) is 0 Å². The Labute approximate surface area is 145 Å². The van der Waals surface area contributed by atoms with Gasteiger partial charge in [0.1, 0.15) is 12.4 Å². The number of para-hydroxylation sites is 1.